The van der Waals surface area contributed by atoms with E-state index >= 15 is 0 Å². The average molecular weight is 390 g/mol. The van der Waals surface area contributed by atoms with Crippen molar-refractivity contribution in [1.82, 2.24) is 9.78 Å². The van der Waals surface area contributed by atoms with Gasteiger partial charge in [-0.15, -0.1) is 0 Å². The van der Waals surface area contributed by atoms with Crippen molar-refractivity contribution >= 4 is 27.7 Å². The van der Waals surface area contributed by atoms with Crippen LogP contribution in [-0.2, 0) is 0 Å². The SMILES string of the molecule is O=C(O)c1cnn2c1NC(c1ccc(Br)cc1)CC2C(F)(F)F. The van der Waals surface area contributed by atoms with Crippen molar-refractivity contribution in [1.29, 1.82) is 0 Å². The smallest absolute Gasteiger partial charge is 0.410 e. The number of rotatable bonds is 2. The normalized spacial score (nSPS) is 20.7. The predicted molar refractivity (Wildman–Crippen MR) is 79.4 cm³/mol. The van der Waals surface area contributed by atoms with Crippen molar-refractivity contribution in [3.8, 4) is 0 Å². The molecule has 1 aromatic carbocycles. The summed E-state index contributed by atoms with van der Waals surface area (Å²) in [6.45, 7) is 0. The molecule has 2 heterocycles. The molecule has 1 aliphatic rings. The summed E-state index contributed by atoms with van der Waals surface area (Å²) in [6.07, 6.45) is -3.85. The number of benzene rings is 1. The van der Waals surface area contributed by atoms with Crippen LogP contribution in [0.2, 0.25) is 0 Å². The first-order chi connectivity index (χ1) is 10.8. The predicted octanol–water partition coefficient (Wildman–Crippen LogP) is 4.00. The van der Waals surface area contributed by atoms with E-state index in [1.807, 2.05) is 0 Å². The Morgan fingerprint density at radius 1 is 1.35 bits per heavy atom. The summed E-state index contributed by atoms with van der Waals surface area (Å²) < 4.78 is 41.5. The van der Waals surface area contributed by atoms with E-state index in [1.165, 1.54) is 0 Å². The number of carboxylic acids is 1. The highest BCUT2D eigenvalue weighted by molar-refractivity contribution is 9.10. The van der Waals surface area contributed by atoms with Crippen LogP contribution in [0, 0.1) is 0 Å². The van der Waals surface area contributed by atoms with Gasteiger partial charge in [0, 0.05) is 10.9 Å². The van der Waals surface area contributed by atoms with Crippen LogP contribution in [0.25, 0.3) is 0 Å². The number of hydrogen-bond acceptors (Lipinski definition) is 3. The number of hydrogen-bond donors (Lipinski definition) is 2. The fraction of sp³-hybridized carbons (Fsp3) is 0.286. The fourth-order valence-electron chi connectivity index (χ4n) is 2.63. The Morgan fingerprint density at radius 2 is 2.00 bits per heavy atom. The molecule has 0 saturated heterocycles. The average Bonchev–Trinajstić information content (AvgIpc) is 2.89. The Hall–Kier alpha value is -2.03. The minimum absolute atomic E-state index is 0.126. The fourth-order valence-corrected chi connectivity index (χ4v) is 2.90. The van der Waals surface area contributed by atoms with E-state index in [0.29, 0.717) is 10.2 Å². The minimum Gasteiger partial charge on any atom is -0.477 e. The summed E-state index contributed by atoms with van der Waals surface area (Å²) in [4.78, 5) is 11.2. The highest BCUT2D eigenvalue weighted by atomic mass is 79.9. The molecule has 9 heteroatoms. The highest BCUT2D eigenvalue weighted by Gasteiger charge is 2.47. The molecule has 0 fully saturated rings. The van der Waals surface area contributed by atoms with Crippen LogP contribution in [0.3, 0.4) is 0 Å². The molecule has 3 rings (SSSR count). The van der Waals surface area contributed by atoms with Crippen LogP contribution >= 0.6 is 15.9 Å². The number of aromatic nitrogens is 2. The summed E-state index contributed by atoms with van der Waals surface area (Å²) in [5.41, 5.74) is 0.368. The molecule has 0 saturated carbocycles. The van der Waals surface area contributed by atoms with Crippen LogP contribution in [0.4, 0.5) is 19.0 Å². The third-order valence-corrected chi connectivity index (χ3v) is 4.27. The van der Waals surface area contributed by atoms with Crippen molar-refractivity contribution in [3.63, 3.8) is 0 Å². The molecule has 0 radical (unpaired) electrons. The molecular weight excluding hydrogens is 379 g/mol. The van der Waals surface area contributed by atoms with Crippen molar-refractivity contribution in [2.24, 2.45) is 0 Å². The number of fused-ring (bicyclic) bond motifs is 1. The number of aromatic carboxylic acids is 1. The molecule has 0 bridgehead atoms. The van der Waals surface area contributed by atoms with Crippen molar-refractivity contribution in [2.75, 3.05) is 5.32 Å². The molecule has 5 nitrogen and oxygen atoms in total. The molecular formula is C14H11BrF3N3O2. The standard InChI is InChI=1S/C14H11BrF3N3O2/c15-8-3-1-7(2-4-8)10-5-11(14(16,17)18)21-12(20-10)9(6-19-21)13(22)23/h1-4,6,10-11,20H,5H2,(H,22,23). The van der Waals surface area contributed by atoms with E-state index in [-0.39, 0.29) is 17.8 Å². The Kier molecular flexibility index (Phi) is 3.83. The lowest BCUT2D eigenvalue weighted by Crippen LogP contribution is -2.36. The number of nitrogens with zero attached hydrogens (tertiary/aromatic N) is 2. The van der Waals surface area contributed by atoms with Gasteiger partial charge in [0.2, 0.25) is 0 Å². The van der Waals surface area contributed by atoms with E-state index < -0.39 is 24.2 Å². The third kappa shape index (κ3) is 2.92. The lowest BCUT2D eigenvalue weighted by molar-refractivity contribution is -0.173. The second kappa shape index (κ2) is 5.55. The first-order valence-electron chi connectivity index (χ1n) is 6.67. The number of carboxylic acid groups (broad SMARTS) is 1. The number of halogens is 4. The topological polar surface area (TPSA) is 67.1 Å². The molecule has 1 aliphatic heterocycles. The molecule has 2 aromatic rings. The van der Waals surface area contributed by atoms with Gasteiger partial charge in [-0.25, -0.2) is 9.48 Å². The van der Waals surface area contributed by atoms with Gasteiger partial charge in [-0.05, 0) is 17.7 Å². The van der Waals surface area contributed by atoms with E-state index in [0.717, 1.165) is 10.7 Å². The van der Waals surface area contributed by atoms with E-state index in [1.54, 1.807) is 24.3 Å². The molecule has 0 aliphatic carbocycles. The number of carbonyl (C=O) groups is 1. The zero-order chi connectivity index (χ0) is 16.8. The number of anilines is 1. The summed E-state index contributed by atoms with van der Waals surface area (Å²) in [6, 6.07) is 4.31. The van der Waals surface area contributed by atoms with Crippen LogP contribution in [0.1, 0.15) is 34.4 Å². The van der Waals surface area contributed by atoms with Gasteiger partial charge < -0.3 is 10.4 Å². The number of nitrogens with one attached hydrogen (secondary N) is 1. The first kappa shape index (κ1) is 15.9. The third-order valence-electron chi connectivity index (χ3n) is 3.74. The van der Waals surface area contributed by atoms with Gasteiger partial charge in [-0.2, -0.15) is 18.3 Å². The number of alkyl halides is 3. The molecule has 0 spiro atoms. The van der Waals surface area contributed by atoms with Gasteiger partial charge in [0.05, 0.1) is 12.2 Å². The summed E-state index contributed by atoms with van der Waals surface area (Å²) >= 11 is 3.27. The van der Waals surface area contributed by atoms with Gasteiger partial charge in [0.25, 0.3) is 0 Å². The molecule has 122 valence electrons. The Balaban J connectivity index is 2.05. The molecule has 23 heavy (non-hydrogen) atoms. The van der Waals surface area contributed by atoms with Gasteiger partial charge in [-0.1, -0.05) is 28.1 Å². The molecule has 2 atom stereocenters. The van der Waals surface area contributed by atoms with Crippen LogP contribution < -0.4 is 5.32 Å². The maximum Gasteiger partial charge on any atom is 0.410 e. The van der Waals surface area contributed by atoms with Crippen LogP contribution in [0.15, 0.2) is 34.9 Å². The molecule has 2 unspecified atom stereocenters. The van der Waals surface area contributed by atoms with Gasteiger partial charge in [-0.3, -0.25) is 0 Å². The van der Waals surface area contributed by atoms with Crippen molar-refractivity contribution in [2.45, 2.75) is 24.7 Å². The van der Waals surface area contributed by atoms with Crippen LogP contribution in [0.5, 0.6) is 0 Å². The van der Waals surface area contributed by atoms with Gasteiger partial charge in [0.15, 0.2) is 6.04 Å². The first-order valence-corrected chi connectivity index (χ1v) is 7.46. The Bertz CT molecular complexity index is 743. The highest BCUT2D eigenvalue weighted by Crippen LogP contribution is 2.44. The van der Waals surface area contributed by atoms with Crippen LogP contribution in [-0.4, -0.2) is 27.0 Å². The maximum atomic E-state index is 13.3. The van der Waals surface area contributed by atoms with Gasteiger partial charge >= 0.3 is 12.1 Å². The monoisotopic (exact) mass is 389 g/mol. The minimum atomic E-state index is -4.52. The lowest BCUT2D eigenvalue weighted by atomic mass is 9.96. The quantitative estimate of drug-likeness (QED) is 0.814. The van der Waals surface area contributed by atoms with Gasteiger partial charge in [0.1, 0.15) is 11.4 Å². The van der Waals surface area contributed by atoms with Crippen molar-refractivity contribution < 1.29 is 23.1 Å². The lowest BCUT2D eigenvalue weighted by Gasteiger charge is -2.33. The van der Waals surface area contributed by atoms with Crippen molar-refractivity contribution in [3.05, 3.63) is 46.1 Å². The second-order valence-electron chi connectivity index (χ2n) is 5.20. The Morgan fingerprint density at radius 3 is 2.57 bits per heavy atom. The maximum absolute atomic E-state index is 13.3. The molecule has 2 N–H and O–H groups in total. The summed E-state index contributed by atoms with van der Waals surface area (Å²) in [7, 11) is 0. The zero-order valence-corrected chi connectivity index (χ0v) is 13.1. The molecule has 0 amide bonds. The molecule has 1 aromatic heterocycles. The summed E-state index contributed by atoms with van der Waals surface area (Å²) in [5.74, 6) is -1.45. The zero-order valence-electron chi connectivity index (χ0n) is 11.5. The summed E-state index contributed by atoms with van der Waals surface area (Å²) in [5, 5.41) is 15.6. The Labute approximate surface area is 137 Å². The van der Waals surface area contributed by atoms with E-state index in [9.17, 15) is 18.0 Å². The second-order valence-corrected chi connectivity index (χ2v) is 6.11. The largest absolute Gasteiger partial charge is 0.477 e. The van der Waals surface area contributed by atoms with E-state index in [4.69, 9.17) is 5.11 Å². The van der Waals surface area contributed by atoms with E-state index in [2.05, 4.69) is 26.3 Å².